The SMILES string of the molecule is CC1CC(C)CN(C(=O)CSC2=N/C(=C\c3ccccc3)C(=O)N2c2ccc(F)cc2)C1. The lowest BCUT2D eigenvalue weighted by Crippen LogP contribution is -2.43. The highest BCUT2D eigenvalue weighted by Crippen LogP contribution is 2.30. The van der Waals surface area contributed by atoms with E-state index in [9.17, 15) is 14.0 Å². The third kappa shape index (κ3) is 5.10. The number of nitrogens with zero attached hydrogens (tertiary/aromatic N) is 3. The molecule has 7 heteroatoms. The predicted octanol–water partition coefficient (Wildman–Crippen LogP) is 4.81. The number of amidine groups is 1. The lowest BCUT2D eigenvalue weighted by Gasteiger charge is -2.35. The largest absolute Gasteiger partial charge is 0.341 e. The molecule has 2 aliphatic heterocycles. The maximum absolute atomic E-state index is 13.5. The number of amides is 2. The summed E-state index contributed by atoms with van der Waals surface area (Å²) >= 11 is 1.24. The van der Waals surface area contributed by atoms with Crippen LogP contribution in [0.4, 0.5) is 10.1 Å². The molecule has 2 atom stereocenters. The quantitative estimate of drug-likeness (QED) is 0.627. The number of carbonyl (C=O) groups excluding carboxylic acids is 2. The van der Waals surface area contributed by atoms with Crippen molar-refractivity contribution in [2.75, 3.05) is 23.7 Å². The highest BCUT2D eigenvalue weighted by atomic mass is 32.2. The molecule has 2 aliphatic rings. The monoisotopic (exact) mass is 451 g/mol. The molecule has 2 unspecified atom stereocenters. The minimum Gasteiger partial charge on any atom is -0.341 e. The van der Waals surface area contributed by atoms with E-state index in [0.29, 0.717) is 22.7 Å². The number of hydrogen-bond donors (Lipinski definition) is 0. The number of benzene rings is 2. The second-order valence-corrected chi connectivity index (χ2v) is 9.43. The molecule has 166 valence electrons. The van der Waals surface area contributed by atoms with Gasteiger partial charge in [-0.2, -0.15) is 0 Å². The summed E-state index contributed by atoms with van der Waals surface area (Å²) in [6.45, 7) is 5.85. The number of anilines is 1. The van der Waals surface area contributed by atoms with E-state index in [2.05, 4.69) is 18.8 Å². The summed E-state index contributed by atoms with van der Waals surface area (Å²) in [5.41, 5.74) is 1.67. The van der Waals surface area contributed by atoms with Crippen LogP contribution >= 0.6 is 11.8 Å². The summed E-state index contributed by atoms with van der Waals surface area (Å²) in [4.78, 5) is 34.0. The van der Waals surface area contributed by atoms with Crippen molar-refractivity contribution < 1.29 is 14.0 Å². The molecule has 4 rings (SSSR count). The van der Waals surface area contributed by atoms with Crippen LogP contribution in [0.15, 0.2) is 65.3 Å². The molecule has 0 aliphatic carbocycles. The second-order valence-electron chi connectivity index (χ2n) is 8.49. The molecule has 2 aromatic rings. The number of hydrogen-bond acceptors (Lipinski definition) is 4. The zero-order chi connectivity index (χ0) is 22.7. The second kappa shape index (κ2) is 9.69. The Morgan fingerprint density at radius 1 is 1.09 bits per heavy atom. The molecule has 0 saturated carbocycles. The van der Waals surface area contributed by atoms with Gasteiger partial charge in [0.1, 0.15) is 11.5 Å². The van der Waals surface area contributed by atoms with Gasteiger partial charge in [-0.15, -0.1) is 0 Å². The average Bonchev–Trinajstić information content (AvgIpc) is 3.07. The highest BCUT2D eigenvalue weighted by Gasteiger charge is 2.33. The molecule has 0 N–H and O–H groups in total. The van der Waals surface area contributed by atoms with E-state index < -0.39 is 0 Å². The molecule has 0 spiro atoms. The molecule has 32 heavy (non-hydrogen) atoms. The minimum absolute atomic E-state index is 0.0445. The first-order valence-corrected chi connectivity index (χ1v) is 11.8. The molecule has 2 aromatic carbocycles. The van der Waals surface area contributed by atoms with E-state index >= 15 is 0 Å². The van der Waals surface area contributed by atoms with Crippen LogP contribution in [-0.4, -0.2) is 40.7 Å². The molecule has 0 radical (unpaired) electrons. The van der Waals surface area contributed by atoms with Gasteiger partial charge in [0.2, 0.25) is 5.91 Å². The number of carbonyl (C=O) groups is 2. The third-order valence-electron chi connectivity index (χ3n) is 5.56. The van der Waals surface area contributed by atoms with Crippen molar-refractivity contribution in [3.8, 4) is 0 Å². The third-order valence-corrected chi connectivity index (χ3v) is 6.49. The normalized spacial score (nSPS) is 22.4. The lowest BCUT2D eigenvalue weighted by molar-refractivity contribution is -0.131. The van der Waals surface area contributed by atoms with Crippen LogP contribution in [0, 0.1) is 17.7 Å². The van der Waals surface area contributed by atoms with Gasteiger partial charge in [-0.1, -0.05) is 55.9 Å². The summed E-state index contributed by atoms with van der Waals surface area (Å²) in [5, 5.41) is 0.426. The van der Waals surface area contributed by atoms with Gasteiger partial charge in [0.05, 0.1) is 11.4 Å². The first-order chi connectivity index (χ1) is 15.4. The van der Waals surface area contributed by atoms with Gasteiger partial charge >= 0.3 is 0 Å². The maximum Gasteiger partial charge on any atom is 0.283 e. The van der Waals surface area contributed by atoms with Gasteiger partial charge in [0.25, 0.3) is 5.91 Å². The van der Waals surface area contributed by atoms with Gasteiger partial charge in [-0.05, 0) is 54.2 Å². The molecule has 2 amide bonds. The van der Waals surface area contributed by atoms with Gasteiger partial charge < -0.3 is 4.90 Å². The number of aliphatic imine (C=N–C) groups is 1. The van der Waals surface area contributed by atoms with Crippen LogP contribution in [-0.2, 0) is 9.59 Å². The number of likely N-dealkylation sites (tertiary alicyclic amines) is 1. The number of thioether (sulfide) groups is 1. The van der Waals surface area contributed by atoms with Crippen molar-refractivity contribution in [3.63, 3.8) is 0 Å². The van der Waals surface area contributed by atoms with Crippen LogP contribution in [0.3, 0.4) is 0 Å². The van der Waals surface area contributed by atoms with Crippen molar-refractivity contribution in [3.05, 3.63) is 71.7 Å². The first kappa shape index (κ1) is 22.3. The molecule has 0 bridgehead atoms. The Hall–Kier alpha value is -2.93. The Bertz CT molecular complexity index is 1040. The number of rotatable bonds is 4. The van der Waals surface area contributed by atoms with Crippen molar-refractivity contribution in [2.45, 2.75) is 20.3 Å². The topological polar surface area (TPSA) is 53.0 Å². The fraction of sp³-hybridized carbons (Fsp3) is 0.320. The summed E-state index contributed by atoms with van der Waals surface area (Å²) in [6.07, 6.45) is 2.85. The molecule has 0 aromatic heterocycles. The molecular formula is C25H26FN3O2S. The van der Waals surface area contributed by atoms with Gasteiger partial charge in [0.15, 0.2) is 5.17 Å². The molecule has 1 fully saturated rings. The average molecular weight is 452 g/mol. The van der Waals surface area contributed by atoms with E-state index in [-0.39, 0.29) is 29.1 Å². The minimum atomic E-state index is -0.380. The Kier molecular flexibility index (Phi) is 6.74. The summed E-state index contributed by atoms with van der Waals surface area (Å²) in [5.74, 6) is 0.527. The van der Waals surface area contributed by atoms with E-state index in [1.165, 1.54) is 28.8 Å². The fourth-order valence-electron chi connectivity index (χ4n) is 4.20. The Labute approximate surface area is 192 Å². The zero-order valence-corrected chi connectivity index (χ0v) is 19.0. The van der Waals surface area contributed by atoms with Crippen LogP contribution < -0.4 is 4.90 Å². The van der Waals surface area contributed by atoms with Crippen LogP contribution in [0.25, 0.3) is 6.08 Å². The van der Waals surface area contributed by atoms with Crippen LogP contribution in [0.5, 0.6) is 0 Å². The van der Waals surface area contributed by atoms with Crippen molar-refractivity contribution in [2.24, 2.45) is 16.8 Å². The number of halogens is 1. The van der Waals surface area contributed by atoms with Gasteiger partial charge in [-0.3, -0.25) is 14.5 Å². The van der Waals surface area contributed by atoms with Crippen LogP contribution in [0.1, 0.15) is 25.8 Å². The zero-order valence-electron chi connectivity index (χ0n) is 18.2. The van der Waals surface area contributed by atoms with E-state index in [1.807, 2.05) is 35.2 Å². The fourth-order valence-corrected chi connectivity index (χ4v) is 5.12. The molecule has 2 heterocycles. The van der Waals surface area contributed by atoms with Gasteiger partial charge in [0, 0.05) is 13.1 Å². The van der Waals surface area contributed by atoms with Gasteiger partial charge in [-0.25, -0.2) is 9.38 Å². The molecular weight excluding hydrogens is 425 g/mol. The van der Waals surface area contributed by atoms with E-state index in [4.69, 9.17) is 0 Å². The lowest BCUT2D eigenvalue weighted by atomic mass is 9.92. The van der Waals surface area contributed by atoms with Crippen molar-refractivity contribution >= 4 is 40.5 Å². The Balaban J connectivity index is 1.56. The maximum atomic E-state index is 13.5. The standard InChI is InChI=1S/C25H26FN3O2S/c1-17-12-18(2)15-28(14-17)23(30)16-32-25-27-22(13-19-6-4-3-5-7-19)24(31)29(25)21-10-8-20(26)9-11-21/h3-11,13,17-18H,12,14-16H2,1-2H3/b22-13-. The highest BCUT2D eigenvalue weighted by molar-refractivity contribution is 8.14. The predicted molar refractivity (Wildman–Crippen MR) is 128 cm³/mol. The summed E-state index contributed by atoms with van der Waals surface area (Å²) in [6, 6.07) is 15.2. The Morgan fingerprint density at radius 3 is 2.41 bits per heavy atom. The van der Waals surface area contributed by atoms with Crippen molar-refractivity contribution in [1.82, 2.24) is 4.90 Å². The van der Waals surface area contributed by atoms with E-state index in [1.54, 1.807) is 18.2 Å². The Morgan fingerprint density at radius 2 is 1.75 bits per heavy atom. The number of piperidine rings is 1. The molecule has 1 saturated heterocycles. The summed E-state index contributed by atoms with van der Waals surface area (Å²) < 4.78 is 13.5. The van der Waals surface area contributed by atoms with Crippen LogP contribution in [0.2, 0.25) is 0 Å². The van der Waals surface area contributed by atoms with E-state index in [0.717, 1.165) is 25.1 Å². The summed E-state index contributed by atoms with van der Waals surface area (Å²) in [7, 11) is 0. The smallest absolute Gasteiger partial charge is 0.283 e. The molecule has 5 nitrogen and oxygen atoms in total. The van der Waals surface area contributed by atoms with Crippen molar-refractivity contribution in [1.29, 1.82) is 0 Å². The first-order valence-electron chi connectivity index (χ1n) is 10.8.